The molecular formula is C11H13BrF2N2O2. The van der Waals surface area contributed by atoms with Crippen LogP contribution in [0.15, 0.2) is 10.8 Å². The number of alkyl halides is 2. The van der Waals surface area contributed by atoms with Crippen LogP contribution < -0.4 is 5.73 Å². The minimum absolute atomic E-state index is 0.0878. The molecule has 0 bridgehead atoms. The van der Waals surface area contributed by atoms with E-state index in [4.69, 9.17) is 10.5 Å². The quantitative estimate of drug-likeness (QED) is 0.667. The van der Waals surface area contributed by atoms with Gasteiger partial charge in [0.15, 0.2) is 0 Å². The molecule has 1 rings (SSSR count). The molecule has 0 unspecified atom stereocenters. The maximum Gasteiger partial charge on any atom is 0.310 e. The third-order valence-corrected chi connectivity index (χ3v) is 3.03. The van der Waals surface area contributed by atoms with Gasteiger partial charge in [-0.2, -0.15) is 0 Å². The van der Waals surface area contributed by atoms with Crippen LogP contribution in [0.4, 0.5) is 8.78 Å². The van der Waals surface area contributed by atoms with E-state index in [9.17, 15) is 13.6 Å². The summed E-state index contributed by atoms with van der Waals surface area (Å²) in [4.78, 5) is 15.2. The van der Waals surface area contributed by atoms with Crippen molar-refractivity contribution in [2.75, 3.05) is 6.61 Å². The number of carbonyl (C=O) groups excluding carboxylic acids is 1. The summed E-state index contributed by atoms with van der Waals surface area (Å²) in [5, 5.41) is 0. The molecule has 2 N–H and O–H groups in total. The van der Waals surface area contributed by atoms with Gasteiger partial charge in [0.2, 0.25) is 0 Å². The Hall–Kier alpha value is -1.08. The molecule has 1 heterocycles. The molecule has 0 fully saturated rings. The lowest BCUT2D eigenvalue weighted by Gasteiger charge is -2.13. The van der Waals surface area contributed by atoms with Gasteiger partial charge in [0, 0.05) is 23.9 Å². The van der Waals surface area contributed by atoms with E-state index >= 15 is 0 Å². The molecule has 7 heteroatoms. The van der Waals surface area contributed by atoms with Gasteiger partial charge in [-0.1, -0.05) is 0 Å². The lowest BCUT2D eigenvalue weighted by atomic mass is 10.0. The molecule has 100 valence electrons. The molecule has 0 radical (unpaired) electrons. The number of esters is 1. The van der Waals surface area contributed by atoms with E-state index in [1.165, 1.54) is 0 Å². The van der Waals surface area contributed by atoms with Crippen LogP contribution in [0.2, 0.25) is 0 Å². The van der Waals surface area contributed by atoms with Crippen molar-refractivity contribution in [3.63, 3.8) is 0 Å². The summed E-state index contributed by atoms with van der Waals surface area (Å²) < 4.78 is 30.7. The minimum atomic E-state index is -2.68. The number of nitrogens with two attached hydrogens (primary N) is 1. The van der Waals surface area contributed by atoms with Crippen molar-refractivity contribution in [2.24, 2.45) is 5.73 Å². The van der Waals surface area contributed by atoms with E-state index in [-0.39, 0.29) is 30.7 Å². The number of pyridine rings is 1. The van der Waals surface area contributed by atoms with Gasteiger partial charge in [-0.15, -0.1) is 0 Å². The lowest BCUT2D eigenvalue weighted by Crippen LogP contribution is -2.14. The average molecular weight is 323 g/mol. The fraction of sp³-hybridized carbons (Fsp3) is 0.455. The summed E-state index contributed by atoms with van der Waals surface area (Å²) in [7, 11) is 0. The van der Waals surface area contributed by atoms with Crippen LogP contribution in [0.1, 0.15) is 30.0 Å². The van der Waals surface area contributed by atoms with Crippen molar-refractivity contribution < 1.29 is 18.3 Å². The van der Waals surface area contributed by atoms with Crippen LogP contribution in [0.25, 0.3) is 0 Å². The molecule has 0 aliphatic carbocycles. The summed E-state index contributed by atoms with van der Waals surface area (Å²) in [6.07, 6.45) is -1.75. The zero-order valence-corrected chi connectivity index (χ0v) is 11.3. The van der Waals surface area contributed by atoms with E-state index in [0.29, 0.717) is 10.2 Å². The minimum Gasteiger partial charge on any atom is -0.466 e. The van der Waals surface area contributed by atoms with Gasteiger partial charge in [0.1, 0.15) is 4.60 Å². The highest BCUT2D eigenvalue weighted by molar-refractivity contribution is 9.10. The topological polar surface area (TPSA) is 65.2 Å². The maximum absolute atomic E-state index is 12.8. The molecular weight excluding hydrogens is 310 g/mol. The molecule has 0 amide bonds. The number of hydrogen-bond acceptors (Lipinski definition) is 4. The fourth-order valence-electron chi connectivity index (χ4n) is 1.55. The van der Waals surface area contributed by atoms with Crippen LogP contribution in [-0.2, 0) is 22.5 Å². The van der Waals surface area contributed by atoms with E-state index in [2.05, 4.69) is 20.9 Å². The predicted molar refractivity (Wildman–Crippen MR) is 65.1 cm³/mol. The van der Waals surface area contributed by atoms with Crippen molar-refractivity contribution in [2.45, 2.75) is 26.3 Å². The second-order valence-corrected chi connectivity index (χ2v) is 4.20. The molecule has 1 aromatic rings. The summed E-state index contributed by atoms with van der Waals surface area (Å²) in [6.45, 7) is 1.82. The van der Waals surface area contributed by atoms with Gasteiger partial charge < -0.3 is 10.5 Å². The first kappa shape index (κ1) is 15.0. The molecule has 0 aliphatic heterocycles. The van der Waals surface area contributed by atoms with E-state index in [1.54, 1.807) is 6.92 Å². The average Bonchev–Trinajstić information content (AvgIpc) is 2.31. The fourth-order valence-corrected chi connectivity index (χ4v) is 2.03. The van der Waals surface area contributed by atoms with Crippen molar-refractivity contribution in [3.05, 3.63) is 27.5 Å². The van der Waals surface area contributed by atoms with E-state index in [0.717, 1.165) is 6.20 Å². The number of rotatable bonds is 5. The SMILES string of the molecule is CCOC(=O)Cc1c(Br)ncc(C(F)F)c1CN. The molecule has 4 nitrogen and oxygen atoms in total. The lowest BCUT2D eigenvalue weighted by molar-refractivity contribution is -0.142. The second-order valence-electron chi connectivity index (χ2n) is 3.45. The Balaban J connectivity index is 3.15. The summed E-state index contributed by atoms with van der Waals surface area (Å²) in [6, 6.07) is 0. The van der Waals surface area contributed by atoms with E-state index < -0.39 is 12.4 Å². The predicted octanol–water partition coefficient (Wildman–Crippen LogP) is 2.35. The zero-order chi connectivity index (χ0) is 13.7. The van der Waals surface area contributed by atoms with Crippen molar-refractivity contribution in [1.29, 1.82) is 0 Å². The molecule has 18 heavy (non-hydrogen) atoms. The van der Waals surface area contributed by atoms with Crippen LogP contribution in [-0.4, -0.2) is 17.6 Å². The normalized spacial score (nSPS) is 10.8. The first-order chi connectivity index (χ1) is 8.51. The van der Waals surface area contributed by atoms with Gasteiger partial charge >= 0.3 is 5.97 Å². The van der Waals surface area contributed by atoms with E-state index in [1.807, 2.05) is 0 Å². The van der Waals surface area contributed by atoms with Crippen LogP contribution >= 0.6 is 15.9 Å². The Morgan fingerprint density at radius 1 is 1.56 bits per heavy atom. The number of carbonyl (C=O) groups is 1. The van der Waals surface area contributed by atoms with Gasteiger partial charge in [-0.05, 0) is 28.4 Å². The number of aromatic nitrogens is 1. The maximum atomic E-state index is 12.8. The van der Waals surface area contributed by atoms with Crippen LogP contribution in [0, 0.1) is 0 Å². The number of nitrogens with zero attached hydrogens (tertiary/aromatic N) is 1. The Kier molecular flexibility index (Phi) is 5.61. The molecule has 1 aromatic heterocycles. The zero-order valence-electron chi connectivity index (χ0n) is 9.75. The molecule has 0 aliphatic rings. The van der Waals surface area contributed by atoms with Crippen LogP contribution in [0.5, 0.6) is 0 Å². The highest BCUT2D eigenvalue weighted by atomic mass is 79.9. The van der Waals surface area contributed by atoms with Crippen molar-refractivity contribution in [3.8, 4) is 0 Å². The van der Waals surface area contributed by atoms with Gasteiger partial charge in [0.05, 0.1) is 13.0 Å². The van der Waals surface area contributed by atoms with Crippen molar-refractivity contribution in [1.82, 2.24) is 4.98 Å². The monoisotopic (exact) mass is 322 g/mol. The first-order valence-corrected chi connectivity index (χ1v) is 6.10. The summed E-state index contributed by atoms with van der Waals surface area (Å²) in [5.41, 5.74) is 5.82. The summed E-state index contributed by atoms with van der Waals surface area (Å²) in [5.74, 6) is -0.499. The molecule has 0 aromatic carbocycles. The highest BCUT2D eigenvalue weighted by Gasteiger charge is 2.20. The number of ether oxygens (including phenoxy) is 1. The summed E-state index contributed by atoms with van der Waals surface area (Å²) >= 11 is 3.13. The molecule has 0 spiro atoms. The third-order valence-electron chi connectivity index (χ3n) is 2.34. The van der Waals surface area contributed by atoms with Crippen molar-refractivity contribution >= 4 is 21.9 Å². The van der Waals surface area contributed by atoms with Gasteiger partial charge in [0.25, 0.3) is 6.43 Å². The third kappa shape index (κ3) is 3.46. The first-order valence-electron chi connectivity index (χ1n) is 5.31. The number of hydrogen-bond donors (Lipinski definition) is 1. The van der Waals surface area contributed by atoms with Crippen LogP contribution in [0.3, 0.4) is 0 Å². The Morgan fingerprint density at radius 2 is 2.22 bits per heavy atom. The van der Waals surface area contributed by atoms with Gasteiger partial charge in [-0.3, -0.25) is 4.79 Å². The Morgan fingerprint density at radius 3 is 2.72 bits per heavy atom. The second kappa shape index (κ2) is 6.75. The molecule has 0 saturated carbocycles. The largest absolute Gasteiger partial charge is 0.466 e. The van der Waals surface area contributed by atoms with Gasteiger partial charge in [-0.25, -0.2) is 13.8 Å². The molecule has 0 atom stereocenters. The molecule has 0 saturated heterocycles. The standard InChI is InChI=1S/C11H13BrF2N2O2/c1-2-18-9(17)3-6-7(4-15)8(11(13)14)5-16-10(6)12/h5,11H,2-4,15H2,1H3. The smallest absolute Gasteiger partial charge is 0.310 e. The Bertz CT molecular complexity index is 441. The highest BCUT2D eigenvalue weighted by Crippen LogP contribution is 2.28. The number of halogens is 3. The Labute approximate surface area is 112 Å².